The van der Waals surface area contributed by atoms with Crippen LogP contribution in [0, 0.1) is 6.92 Å². The Hall–Kier alpha value is -1.23. The van der Waals surface area contributed by atoms with Gasteiger partial charge in [0.15, 0.2) is 5.78 Å². The molecular formula is C13H12Cl3N3O. The van der Waals surface area contributed by atoms with E-state index in [0.29, 0.717) is 22.0 Å². The van der Waals surface area contributed by atoms with Gasteiger partial charge in [-0.15, -0.1) is 0 Å². The van der Waals surface area contributed by atoms with Crippen LogP contribution in [0.1, 0.15) is 21.7 Å². The molecule has 7 heteroatoms. The Morgan fingerprint density at radius 1 is 1.30 bits per heavy atom. The van der Waals surface area contributed by atoms with E-state index in [1.807, 2.05) is 0 Å². The number of carbonyl (C=O) groups excluding carboxylic acids is 1. The molecule has 0 unspecified atom stereocenters. The zero-order chi connectivity index (χ0) is 15.0. The number of carbonyl (C=O) groups is 1. The molecule has 1 aromatic heterocycles. The maximum atomic E-state index is 12.3. The van der Waals surface area contributed by atoms with E-state index in [4.69, 9.17) is 40.5 Å². The number of ketones is 1. The van der Waals surface area contributed by atoms with Crippen molar-refractivity contribution in [1.29, 1.82) is 0 Å². The smallest absolute Gasteiger partial charge is 0.168 e. The molecule has 1 heterocycles. The van der Waals surface area contributed by atoms with Gasteiger partial charge in [0.25, 0.3) is 0 Å². The molecule has 2 aromatic rings. The van der Waals surface area contributed by atoms with Crippen LogP contribution in [0.3, 0.4) is 0 Å². The maximum absolute atomic E-state index is 12.3. The topological polar surface area (TPSA) is 60.9 Å². The number of anilines is 1. The molecule has 2 N–H and O–H groups in total. The van der Waals surface area contributed by atoms with Gasteiger partial charge in [0.1, 0.15) is 0 Å². The predicted octanol–water partition coefficient (Wildman–Crippen LogP) is 3.70. The summed E-state index contributed by atoms with van der Waals surface area (Å²) in [6.07, 6.45) is 0.118. The summed E-state index contributed by atoms with van der Waals surface area (Å²) in [4.78, 5) is 12.3. The maximum Gasteiger partial charge on any atom is 0.168 e. The lowest BCUT2D eigenvalue weighted by atomic mass is 10.1. The van der Waals surface area contributed by atoms with Crippen LogP contribution < -0.4 is 5.73 Å². The van der Waals surface area contributed by atoms with Crippen LogP contribution in [0.2, 0.25) is 15.1 Å². The molecule has 0 aliphatic heterocycles. The molecule has 20 heavy (non-hydrogen) atoms. The first-order valence-corrected chi connectivity index (χ1v) is 6.90. The average Bonchev–Trinajstić information content (AvgIpc) is 2.62. The standard InChI is InChI=1S/C13H12Cl3N3O/c1-6-12(16)10(19(2)18-6)5-11(20)7-3-8(14)13(17)9(15)4-7/h3-4H,5,17H2,1-2H3. The molecule has 0 fully saturated rings. The number of nitrogen functional groups attached to an aromatic ring is 1. The summed E-state index contributed by atoms with van der Waals surface area (Å²) in [7, 11) is 1.74. The van der Waals surface area contributed by atoms with Gasteiger partial charge in [0.05, 0.1) is 38.6 Å². The molecule has 0 saturated heterocycles. The van der Waals surface area contributed by atoms with Crippen molar-refractivity contribution in [2.45, 2.75) is 13.3 Å². The van der Waals surface area contributed by atoms with E-state index in [9.17, 15) is 4.79 Å². The van der Waals surface area contributed by atoms with Crippen LogP contribution in [0.25, 0.3) is 0 Å². The van der Waals surface area contributed by atoms with E-state index in [-0.39, 0.29) is 27.9 Å². The Morgan fingerprint density at radius 3 is 2.30 bits per heavy atom. The van der Waals surface area contributed by atoms with Gasteiger partial charge >= 0.3 is 0 Å². The minimum Gasteiger partial charge on any atom is -0.396 e. The normalized spacial score (nSPS) is 10.8. The minimum atomic E-state index is -0.154. The third kappa shape index (κ3) is 2.77. The predicted molar refractivity (Wildman–Crippen MR) is 81.9 cm³/mol. The van der Waals surface area contributed by atoms with Gasteiger partial charge in [-0.1, -0.05) is 34.8 Å². The zero-order valence-corrected chi connectivity index (χ0v) is 13.1. The van der Waals surface area contributed by atoms with Crippen LogP contribution in [0.15, 0.2) is 12.1 Å². The lowest BCUT2D eigenvalue weighted by Gasteiger charge is -2.06. The second-order valence-electron chi connectivity index (χ2n) is 4.42. The summed E-state index contributed by atoms with van der Waals surface area (Å²) in [6, 6.07) is 3.00. The van der Waals surface area contributed by atoms with Crippen molar-refractivity contribution in [1.82, 2.24) is 9.78 Å². The summed E-state index contributed by atoms with van der Waals surface area (Å²) >= 11 is 18.0. The van der Waals surface area contributed by atoms with Gasteiger partial charge in [0.2, 0.25) is 0 Å². The number of nitrogens with two attached hydrogens (primary N) is 1. The monoisotopic (exact) mass is 331 g/mol. The number of hydrogen-bond acceptors (Lipinski definition) is 3. The zero-order valence-electron chi connectivity index (χ0n) is 10.9. The number of benzene rings is 1. The summed E-state index contributed by atoms with van der Waals surface area (Å²) in [5.41, 5.74) is 7.64. The van der Waals surface area contributed by atoms with Crippen LogP contribution in [-0.4, -0.2) is 15.6 Å². The van der Waals surface area contributed by atoms with E-state index in [0.717, 1.165) is 0 Å². The lowest BCUT2D eigenvalue weighted by Crippen LogP contribution is -2.09. The van der Waals surface area contributed by atoms with Crippen molar-refractivity contribution in [3.63, 3.8) is 0 Å². The fourth-order valence-corrected chi connectivity index (χ4v) is 2.59. The Morgan fingerprint density at radius 2 is 1.85 bits per heavy atom. The summed E-state index contributed by atoms with van der Waals surface area (Å²) < 4.78 is 1.59. The Kier molecular flexibility index (Phi) is 4.28. The molecule has 4 nitrogen and oxygen atoms in total. The molecule has 2 rings (SSSR count). The summed E-state index contributed by atoms with van der Waals surface area (Å²) in [5.74, 6) is -0.154. The van der Waals surface area contributed by atoms with Crippen LogP contribution in [0.4, 0.5) is 5.69 Å². The number of halogens is 3. The highest BCUT2D eigenvalue weighted by atomic mass is 35.5. The van der Waals surface area contributed by atoms with E-state index >= 15 is 0 Å². The molecule has 106 valence electrons. The van der Waals surface area contributed by atoms with Crippen LogP contribution >= 0.6 is 34.8 Å². The number of rotatable bonds is 3. The van der Waals surface area contributed by atoms with Gasteiger partial charge in [-0.2, -0.15) is 5.10 Å². The molecule has 0 radical (unpaired) electrons. The first-order chi connectivity index (χ1) is 9.31. The number of aromatic nitrogens is 2. The fourth-order valence-electron chi connectivity index (χ4n) is 1.87. The fraction of sp³-hybridized carbons (Fsp3) is 0.231. The van der Waals surface area contributed by atoms with Crippen molar-refractivity contribution >= 4 is 46.3 Å². The van der Waals surface area contributed by atoms with Gasteiger partial charge in [-0.05, 0) is 19.1 Å². The van der Waals surface area contributed by atoms with E-state index in [1.165, 1.54) is 12.1 Å². The Balaban J connectivity index is 2.33. The van der Waals surface area contributed by atoms with Crippen molar-refractivity contribution in [3.8, 4) is 0 Å². The molecule has 0 saturated carbocycles. The lowest BCUT2D eigenvalue weighted by molar-refractivity contribution is 0.0991. The number of aryl methyl sites for hydroxylation is 2. The number of nitrogens with zero attached hydrogens (tertiary/aromatic N) is 2. The first kappa shape index (κ1) is 15.2. The molecule has 1 aromatic carbocycles. The Bertz CT molecular complexity index is 671. The Labute approximate surface area is 131 Å². The average molecular weight is 333 g/mol. The van der Waals surface area contributed by atoms with Gasteiger partial charge in [-0.25, -0.2) is 0 Å². The number of Topliss-reactive ketones (excluding diaryl/α,β-unsaturated/α-hetero) is 1. The highest BCUT2D eigenvalue weighted by Gasteiger charge is 2.17. The van der Waals surface area contributed by atoms with Gasteiger partial charge in [-0.3, -0.25) is 9.48 Å². The quantitative estimate of drug-likeness (QED) is 0.688. The molecule has 0 atom stereocenters. The highest BCUT2D eigenvalue weighted by Crippen LogP contribution is 2.30. The molecule has 0 bridgehead atoms. The third-order valence-electron chi connectivity index (χ3n) is 2.99. The molecule has 0 aliphatic rings. The van der Waals surface area contributed by atoms with Crippen molar-refractivity contribution in [3.05, 3.63) is 44.2 Å². The van der Waals surface area contributed by atoms with Crippen molar-refractivity contribution in [2.24, 2.45) is 7.05 Å². The van der Waals surface area contributed by atoms with Gasteiger partial charge < -0.3 is 5.73 Å². The number of hydrogen-bond donors (Lipinski definition) is 1. The molecule has 0 aliphatic carbocycles. The largest absolute Gasteiger partial charge is 0.396 e. The van der Waals surface area contributed by atoms with Crippen LogP contribution in [0.5, 0.6) is 0 Å². The first-order valence-electron chi connectivity index (χ1n) is 5.77. The minimum absolute atomic E-state index is 0.118. The summed E-state index contributed by atoms with van der Waals surface area (Å²) in [6.45, 7) is 1.78. The van der Waals surface area contributed by atoms with Crippen molar-refractivity contribution < 1.29 is 4.79 Å². The van der Waals surface area contributed by atoms with Gasteiger partial charge in [0, 0.05) is 12.6 Å². The molecule has 0 amide bonds. The third-order valence-corrected chi connectivity index (χ3v) is 4.11. The summed E-state index contributed by atoms with van der Waals surface area (Å²) in [5, 5.41) is 5.18. The molecular weight excluding hydrogens is 321 g/mol. The van der Waals surface area contributed by atoms with Crippen molar-refractivity contribution in [2.75, 3.05) is 5.73 Å². The second kappa shape index (κ2) is 5.64. The van der Waals surface area contributed by atoms with E-state index in [1.54, 1.807) is 18.7 Å². The highest BCUT2D eigenvalue weighted by molar-refractivity contribution is 6.39. The second-order valence-corrected chi connectivity index (χ2v) is 5.62. The SMILES string of the molecule is Cc1nn(C)c(CC(=O)c2cc(Cl)c(N)c(Cl)c2)c1Cl. The van der Waals surface area contributed by atoms with Crippen LogP contribution in [-0.2, 0) is 13.5 Å². The molecule has 0 spiro atoms. The van der Waals surface area contributed by atoms with E-state index < -0.39 is 0 Å². The van der Waals surface area contributed by atoms with E-state index in [2.05, 4.69) is 5.10 Å².